The second-order valence-electron chi connectivity index (χ2n) is 7.15. The highest BCUT2D eigenvalue weighted by atomic mass is 16.7. The fourth-order valence-electron chi connectivity index (χ4n) is 3.05. The molecule has 0 saturated carbocycles. The van der Waals surface area contributed by atoms with Crippen molar-refractivity contribution in [3.8, 4) is 0 Å². The minimum absolute atomic E-state index is 0.269. The third-order valence-electron chi connectivity index (χ3n) is 5.10. The van der Waals surface area contributed by atoms with Crippen LogP contribution < -0.4 is 5.46 Å². The molecule has 1 fully saturated rings. The van der Waals surface area contributed by atoms with E-state index in [1.54, 1.807) is 0 Å². The van der Waals surface area contributed by atoms with Gasteiger partial charge in [0, 0.05) is 0 Å². The Kier molecular flexibility index (Phi) is 3.75. The molecule has 1 aromatic carbocycles. The van der Waals surface area contributed by atoms with Gasteiger partial charge in [-0.2, -0.15) is 0 Å². The van der Waals surface area contributed by atoms with Crippen LogP contribution in [-0.2, 0) is 9.31 Å². The summed E-state index contributed by atoms with van der Waals surface area (Å²) in [5.74, 6) is 0. The van der Waals surface area contributed by atoms with Crippen LogP contribution in [0.3, 0.4) is 0 Å². The lowest BCUT2D eigenvalue weighted by molar-refractivity contribution is 0.00578. The molecule has 0 bridgehead atoms. The summed E-state index contributed by atoms with van der Waals surface area (Å²) in [6.07, 6.45) is 7.32. The van der Waals surface area contributed by atoms with Crippen molar-refractivity contribution < 1.29 is 9.31 Å². The zero-order valence-electron chi connectivity index (χ0n) is 13.6. The van der Waals surface area contributed by atoms with Crippen LogP contribution in [-0.4, -0.2) is 18.3 Å². The van der Waals surface area contributed by atoms with Gasteiger partial charge in [0.05, 0.1) is 11.2 Å². The summed E-state index contributed by atoms with van der Waals surface area (Å²) in [5, 5.41) is 0. The van der Waals surface area contributed by atoms with Gasteiger partial charge in [0.2, 0.25) is 0 Å². The molecule has 1 aromatic rings. The highest BCUT2D eigenvalue weighted by Gasteiger charge is 2.52. The molecule has 0 amide bonds. The molecule has 3 heteroatoms. The van der Waals surface area contributed by atoms with Crippen molar-refractivity contribution in [2.24, 2.45) is 0 Å². The molecule has 1 aliphatic carbocycles. The highest BCUT2D eigenvalue weighted by molar-refractivity contribution is 6.63. The monoisotopic (exact) mass is 284 g/mol. The topological polar surface area (TPSA) is 18.5 Å². The standard InChI is InChI=1S/C18H25BO2/c1-17(2)18(3,4)21-19(20-17)16-13-9-8-12-15(16)14-10-6-5-7-11-14/h8-10,12-13H,5-7,11H2,1-4H3. The van der Waals surface area contributed by atoms with E-state index in [0.717, 1.165) is 6.42 Å². The van der Waals surface area contributed by atoms with Gasteiger partial charge in [-0.3, -0.25) is 0 Å². The third-order valence-corrected chi connectivity index (χ3v) is 5.10. The molecule has 0 aromatic heterocycles. The van der Waals surface area contributed by atoms with E-state index < -0.39 is 0 Å². The van der Waals surface area contributed by atoms with Gasteiger partial charge in [0.1, 0.15) is 0 Å². The summed E-state index contributed by atoms with van der Waals surface area (Å²) in [6.45, 7) is 8.43. The van der Waals surface area contributed by atoms with E-state index in [0.29, 0.717) is 0 Å². The van der Waals surface area contributed by atoms with Crippen molar-refractivity contribution in [3.63, 3.8) is 0 Å². The van der Waals surface area contributed by atoms with E-state index in [9.17, 15) is 0 Å². The zero-order valence-corrected chi connectivity index (χ0v) is 13.6. The molecule has 21 heavy (non-hydrogen) atoms. The molecule has 1 saturated heterocycles. The van der Waals surface area contributed by atoms with Gasteiger partial charge in [-0.05, 0) is 70.0 Å². The van der Waals surface area contributed by atoms with E-state index in [1.165, 1.54) is 35.9 Å². The first-order valence-electron chi connectivity index (χ1n) is 8.05. The normalized spacial score (nSPS) is 24.0. The first-order valence-corrected chi connectivity index (χ1v) is 8.05. The quantitative estimate of drug-likeness (QED) is 0.766. The maximum Gasteiger partial charge on any atom is 0.495 e. The van der Waals surface area contributed by atoms with Crippen molar-refractivity contribution in [3.05, 3.63) is 35.9 Å². The van der Waals surface area contributed by atoms with Crippen LogP contribution in [0, 0.1) is 0 Å². The van der Waals surface area contributed by atoms with Crippen molar-refractivity contribution in [2.45, 2.75) is 64.6 Å². The van der Waals surface area contributed by atoms with Crippen LogP contribution in [0.15, 0.2) is 30.3 Å². The zero-order chi connectivity index (χ0) is 15.1. The highest BCUT2D eigenvalue weighted by Crippen LogP contribution is 2.37. The summed E-state index contributed by atoms with van der Waals surface area (Å²) in [5.41, 5.74) is 3.35. The third kappa shape index (κ3) is 2.69. The molecule has 2 aliphatic rings. The minimum atomic E-state index is -0.286. The maximum atomic E-state index is 6.23. The molecule has 112 valence electrons. The van der Waals surface area contributed by atoms with Crippen LogP contribution in [0.2, 0.25) is 0 Å². The number of rotatable bonds is 2. The molecule has 0 radical (unpaired) electrons. The minimum Gasteiger partial charge on any atom is -0.399 e. The van der Waals surface area contributed by atoms with Crippen LogP contribution >= 0.6 is 0 Å². The van der Waals surface area contributed by atoms with Crippen molar-refractivity contribution in [2.75, 3.05) is 0 Å². The maximum absolute atomic E-state index is 6.23. The molecule has 0 N–H and O–H groups in total. The van der Waals surface area contributed by atoms with Crippen LogP contribution in [0.5, 0.6) is 0 Å². The van der Waals surface area contributed by atoms with Crippen molar-refractivity contribution in [1.29, 1.82) is 0 Å². The first kappa shape index (κ1) is 14.9. The van der Waals surface area contributed by atoms with E-state index in [1.807, 2.05) is 0 Å². The molecule has 3 rings (SSSR count). The first-order chi connectivity index (χ1) is 9.91. The molecule has 2 nitrogen and oxygen atoms in total. The molecular formula is C18H25BO2. The summed E-state index contributed by atoms with van der Waals surface area (Å²) < 4.78 is 12.5. The summed E-state index contributed by atoms with van der Waals surface area (Å²) >= 11 is 0. The lowest BCUT2D eigenvalue weighted by Crippen LogP contribution is -2.41. The van der Waals surface area contributed by atoms with Crippen LogP contribution in [0.4, 0.5) is 0 Å². The average Bonchev–Trinajstić information content (AvgIpc) is 2.68. The molecule has 1 aliphatic heterocycles. The Hall–Kier alpha value is -1.06. The SMILES string of the molecule is CC1(C)OB(c2ccccc2C2=CCCCC2)OC1(C)C. The van der Waals surface area contributed by atoms with Crippen LogP contribution in [0.25, 0.3) is 5.57 Å². The van der Waals surface area contributed by atoms with Gasteiger partial charge in [-0.15, -0.1) is 0 Å². The van der Waals surface area contributed by atoms with Crippen molar-refractivity contribution in [1.82, 2.24) is 0 Å². The Morgan fingerprint density at radius 1 is 0.952 bits per heavy atom. The molecule has 0 atom stereocenters. The van der Waals surface area contributed by atoms with Gasteiger partial charge >= 0.3 is 7.12 Å². The number of benzene rings is 1. The van der Waals surface area contributed by atoms with Gasteiger partial charge < -0.3 is 9.31 Å². The van der Waals surface area contributed by atoms with Gasteiger partial charge in [0.15, 0.2) is 0 Å². The molecule has 0 unspecified atom stereocenters. The van der Waals surface area contributed by atoms with Gasteiger partial charge in [0.25, 0.3) is 0 Å². The number of hydrogen-bond acceptors (Lipinski definition) is 2. The Morgan fingerprint density at radius 3 is 2.24 bits per heavy atom. The predicted octanol–water partition coefficient (Wildman–Crippen LogP) is 3.94. The summed E-state index contributed by atoms with van der Waals surface area (Å²) in [7, 11) is -0.269. The summed E-state index contributed by atoms with van der Waals surface area (Å²) in [6, 6.07) is 8.54. The van der Waals surface area contributed by atoms with Crippen molar-refractivity contribution >= 4 is 18.2 Å². The largest absolute Gasteiger partial charge is 0.495 e. The van der Waals surface area contributed by atoms with Gasteiger partial charge in [-0.1, -0.05) is 30.3 Å². The Balaban J connectivity index is 1.95. The molecule has 0 spiro atoms. The van der Waals surface area contributed by atoms with E-state index >= 15 is 0 Å². The molecule has 1 heterocycles. The van der Waals surface area contributed by atoms with E-state index in [4.69, 9.17) is 9.31 Å². The smallest absolute Gasteiger partial charge is 0.399 e. The Bertz CT molecular complexity index is 544. The van der Waals surface area contributed by atoms with E-state index in [2.05, 4.69) is 58.0 Å². The number of hydrogen-bond donors (Lipinski definition) is 0. The second kappa shape index (κ2) is 5.29. The average molecular weight is 284 g/mol. The molecular weight excluding hydrogens is 259 g/mol. The Morgan fingerprint density at radius 2 is 1.62 bits per heavy atom. The fourth-order valence-corrected chi connectivity index (χ4v) is 3.05. The lowest BCUT2D eigenvalue weighted by Gasteiger charge is -2.32. The summed E-state index contributed by atoms with van der Waals surface area (Å²) in [4.78, 5) is 0. The van der Waals surface area contributed by atoms with E-state index in [-0.39, 0.29) is 18.3 Å². The lowest BCUT2D eigenvalue weighted by atomic mass is 9.73. The predicted molar refractivity (Wildman–Crippen MR) is 88.6 cm³/mol. The Labute approximate surface area is 128 Å². The number of allylic oxidation sites excluding steroid dienone is 2. The second-order valence-corrected chi connectivity index (χ2v) is 7.15. The van der Waals surface area contributed by atoms with Crippen LogP contribution in [0.1, 0.15) is 58.9 Å². The van der Waals surface area contributed by atoms with Gasteiger partial charge in [-0.25, -0.2) is 0 Å². The fraction of sp³-hybridized carbons (Fsp3) is 0.556.